The molecule has 1 unspecified atom stereocenters. The average molecular weight is 297 g/mol. The van der Waals surface area contributed by atoms with E-state index < -0.39 is 0 Å². The monoisotopic (exact) mass is 296 g/mol. The fourth-order valence-electron chi connectivity index (χ4n) is 2.18. The smallest absolute Gasteiger partial charge is 0.0954 e. The molecule has 0 saturated carbocycles. The van der Waals surface area contributed by atoms with Crippen molar-refractivity contribution in [3.8, 4) is 0 Å². The first kappa shape index (κ1) is 10.7. The van der Waals surface area contributed by atoms with E-state index in [1.54, 1.807) is 0 Å². The summed E-state index contributed by atoms with van der Waals surface area (Å²) < 4.78 is 2.40. The first-order valence-corrected chi connectivity index (χ1v) is 7.20. The zero-order valence-electron chi connectivity index (χ0n) is 8.87. The van der Waals surface area contributed by atoms with Crippen LogP contribution in [0.4, 0.5) is 0 Å². The third kappa shape index (κ3) is 2.14. The molecule has 1 aliphatic rings. The molecule has 1 saturated heterocycles. The molecule has 16 heavy (non-hydrogen) atoms. The molecule has 3 rings (SSSR count). The van der Waals surface area contributed by atoms with Gasteiger partial charge in [-0.05, 0) is 37.6 Å². The Kier molecular flexibility index (Phi) is 2.96. The molecule has 1 aromatic heterocycles. The SMILES string of the molecule is Brc1ccc2sc(CC3CCCN3)nc2c1. The largest absolute Gasteiger partial charge is 0.314 e. The minimum absolute atomic E-state index is 0.643. The predicted molar refractivity (Wildman–Crippen MR) is 72.0 cm³/mol. The third-order valence-corrected chi connectivity index (χ3v) is 4.53. The zero-order valence-corrected chi connectivity index (χ0v) is 11.3. The van der Waals surface area contributed by atoms with Gasteiger partial charge < -0.3 is 5.32 Å². The number of halogens is 1. The minimum atomic E-state index is 0.643. The van der Waals surface area contributed by atoms with E-state index >= 15 is 0 Å². The Bertz CT molecular complexity index is 503. The lowest BCUT2D eigenvalue weighted by Gasteiger charge is -2.05. The number of benzene rings is 1. The summed E-state index contributed by atoms with van der Waals surface area (Å²) >= 11 is 5.30. The fourth-order valence-corrected chi connectivity index (χ4v) is 3.55. The van der Waals surface area contributed by atoms with Crippen LogP contribution < -0.4 is 5.32 Å². The summed E-state index contributed by atoms with van der Waals surface area (Å²) in [6.07, 6.45) is 3.68. The van der Waals surface area contributed by atoms with Crippen LogP contribution in [0.5, 0.6) is 0 Å². The maximum absolute atomic E-state index is 4.69. The van der Waals surface area contributed by atoms with Crippen LogP contribution in [-0.4, -0.2) is 17.6 Å². The summed E-state index contributed by atoms with van der Waals surface area (Å²) in [6.45, 7) is 1.17. The number of aromatic nitrogens is 1. The molecule has 0 amide bonds. The molecular formula is C12H13BrN2S. The van der Waals surface area contributed by atoms with E-state index in [1.807, 2.05) is 11.3 Å². The van der Waals surface area contributed by atoms with Gasteiger partial charge in [-0.25, -0.2) is 4.98 Å². The highest BCUT2D eigenvalue weighted by Crippen LogP contribution is 2.26. The second kappa shape index (κ2) is 4.43. The molecule has 2 heterocycles. The van der Waals surface area contributed by atoms with Crippen molar-refractivity contribution >= 4 is 37.5 Å². The summed E-state index contributed by atoms with van der Waals surface area (Å²) in [5.74, 6) is 0. The van der Waals surface area contributed by atoms with E-state index in [-0.39, 0.29) is 0 Å². The van der Waals surface area contributed by atoms with Crippen LogP contribution in [0.2, 0.25) is 0 Å². The number of hydrogen-bond donors (Lipinski definition) is 1. The van der Waals surface area contributed by atoms with Crippen molar-refractivity contribution in [2.24, 2.45) is 0 Å². The minimum Gasteiger partial charge on any atom is -0.314 e. The van der Waals surface area contributed by atoms with Crippen LogP contribution in [0, 0.1) is 0 Å². The quantitative estimate of drug-likeness (QED) is 0.919. The molecule has 1 aromatic carbocycles. The molecule has 0 spiro atoms. The molecule has 1 aliphatic heterocycles. The highest BCUT2D eigenvalue weighted by Gasteiger charge is 2.16. The van der Waals surface area contributed by atoms with Crippen molar-refractivity contribution in [1.82, 2.24) is 10.3 Å². The zero-order chi connectivity index (χ0) is 11.0. The summed E-state index contributed by atoms with van der Waals surface area (Å²) in [5.41, 5.74) is 1.12. The third-order valence-electron chi connectivity index (χ3n) is 2.98. The van der Waals surface area contributed by atoms with Crippen molar-refractivity contribution in [2.75, 3.05) is 6.54 Å². The van der Waals surface area contributed by atoms with Gasteiger partial charge in [0, 0.05) is 16.9 Å². The van der Waals surface area contributed by atoms with Crippen LogP contribution in [0.3, 0.4) is 0 Å². The van der Waals surface area contributed by atoms with Gasteiger partial charge >= 0.3 is 0 Å². The second-order valence-corrected chi connectivity index (χ2v) is 6.25. The molecule has 0 aliphatic carbocycles. The van der Waals surface area contributed by atoms with Crippen LogP contribution in [0.15, 0.2) is 22.7 Å². The summed E-state index contributed by atoms with van der Waals surface area (Å²) in [6, 6.07) is 6.96. The molecule has 1 atom stereocenters. The predicted octanol–water partition coefficient (Wildman–Crippen LogP) is 3.35. The standard InChI is InChI=1S/C12H13BrN2S/c13-8-3-4-11-10(6-8)15-12(16-11)7-9-2-1-5-14-9/h3-4,6,9,14H,1-2,5,7H2. The summed E-state index contributed by atoms with van der Waals surface area (Å²) in [7, 11) is 0. The van der Waals surface area contributed by atoms with Gasteiger partial charge in [-0.1, -0.05) is 15.9 Å². The summed E-state index contributed by atoms with van der Waals surface area (Å²) in [5, 5.41) is 4.78. The first-order chi connectivity index (χ1) is 7.81. The van der Waals surface area contributed by atoms with Crippen LogP contribution in [0.25, 0.3) is 10.2 Å². The van der Waals surface area contributed by atoms with Crippen LogP contribution >= 0.6 is 27.3 Å². The lowest BCUT2D eigenvalue weighted by atomic mass is 10.2. The van der Waals surface area contributed by atoms with E-state index in [9.17, 15) is 0 Å². The van der Waals surface area contributed by atoms with E-state index in [2.05, 4.69) is 44.4 Å². The molecule has 84 valence electrons. The van der Waals surface area contributed by atoms with E-state index in [4.69, 9.17) is 0 Å². The molecule has 1 fully saturated rings. The fraction of sp³-hybridized carbons (Fsp3) is 0.417. The van der Waals surface area contributed by atoms with Gasteiger partial charge in [0.05, 0.1) is 15.2 Å². The topological polar surface area (TPSA) is 24.9 Å². The highest BCUT2D eigenvalue weighted by atomic mass is 79.9. The first-order valence-electron chi connectivity index (χ1n) is 5.59. The summed E-state index contributed by atoms with van der Waals surface area (Å²) in [4.78, 5) is 4.69. The molecular weight excluding hydrogens is 284 g/mol. The van der Waals surface area contributed by atoms with Crippen molar-refractivity contribution in [2.45, 2.75) is 25.3 Å². The Labute approximate surface area is 107 Å². The van der Waals surface area contributed by atoms with Gasteiger partial charge in [-0.2, -0.15) is 0 Å². The number of fused-ring (bicyclic) bond motifs is 1. The number of hydrogen-bond acceptors (Lipinski definition) is 3. The van der Waals surface area contributed by atoms with Gasteiger partial charge in [-0.3, -0.25) is 0 Å². The van der Waals surface area contributed by atoms with Crippen molar-refractivity contribution < 1.29 is 0 Å². The van der Waals surface area contributed by atoms with Crippen molar-refractivity contribution in [3.63, 3.8) is 0 Å². The van der Waals surface area contributed by atoms with E-state index in [0.717, 1.165) is 16.4 Å². The van der Waals surface area contributed by atoms with Crippen LogP contribution in [-0.2, 0) is 6.42 Å². The molecule has 4 heteroatoms. The second-order valence-electron chi connectivity index (χ2n) is 4.22. The normalized spacial score (nSPS) is 20.7. The Morgan fingerprint density at radius 3 is 3.25 bits per heavy atom. The maximum atomic E-state index is 4.69. The number of nitrogens with one attached hydrogen (secondary N) is 1. The number of rotatable bonds is 2. The van der Waals surface area contributed by atoms with Gasteiger partial charge in [-0.15, -0.1) is 11.3 Å². The lowest BCUT2D eigenvalue weighted by Crippen LogP contribution is -2.23. The van der Waals surface area contributed by atoms with Gasteiger partial charge in [0.25, 0.3) is 0 Å². The Hall–Kier alpha value is -0.450. The average Bonchev–Trinajstić information content (AvgIpc) is 2.86. The Morgan fingerprint density at radius 1 is 1.50 bits per heavy atom. The Morgan fingerprint density at radius 2 is 2.44 bits per heavy atom. The molecule has 2 nitrogen and oxygen atoms in total. The van der Waals surface area contributed by atoms with Gasteiger partial charge in [0.2, 0.25) is 0 Å². The van der Waals surface area contributed by atoms with Crippen LogP contribution in [0.1, 0.15) is 17.8 Å². The molecule has 2 aromatic rings. The molecule has 1 N–H and O–H groups in total. The lowest BCUT2D eigenvalue weighted by molar-refractivity contribution is 0.602. The number of thiazole rings is 1. The highest BCUT2D eigenvalue weighted by molar-refractivity contribution is 9.10. The van der Waals surface area contributed by atoms with E-state index in [1.165, 1.54) is 29.1 Å². The van der Waals surface area contributed by atoms with Crippen molar-refractivity contribution in [3.05, 3.63) is 27.7 Å². The van der Waals surface area contributed by atoms with Crippen molar-refractivity contribution in [1.29, 1.82) is 0 Å². The maximum Gasteiger partial charge on any atom is 0.0954 e. The van der Waals surface area contributed by atoms with E-state index in [0.29, 0.717) is 6.04 Å². The number of nitrogens with zero attached hydrogens (tertiary/aromatic N) is 1. The molecule has 0 radical (unpaired) electrons. The van der Waals surface area contributed by atoms with Gasteiger partial charge in [0.1, 0.15) is 0 Å². The van der Waals surface area contributed by atoms with Gasteiger partial charge in [0.15, 0.2) is 0 Å². The molecule has 0 bridgehead atoms. The Balaban J connectivity index is 1.86.